The van der Waals surface area contributed by atoms with E-state index in [4.69, 9.17) is 18.9 Å². The Hall–Kier alpha value is -4.78. The van der Waals surface area contributed by atoms with E-state index in [0.29, 0.717) is 32.2 Å². The van der Waals surface area contributed by atoms with Crippen molar-refractivity contribution in [2.45, 2.75) is 238 Å². The van der Waals surface area contributed by atoms with E-state index in [1.807, 2.05) is 0 Å². The summed E-state index contributed by atoms with van der Waals surface area (Å²) in [5.41, 5.74) is -3.00. The van der Waals surface area contributed by atoms with E-state index < -0.39 is 156 Å². The van der Waals surface area contributed by atoms with E-state index in [-0.39, 0.29) is 48.6 Å². The minimum absolute atomic E-state index is 0.0146. The Morgan fingerprint density at radius 1 is 0.425 bits per heavy atom. The average Bonchev–Trinajstić information content (AvgIpc) is 3.75. The third-order valence-electron chi connectivity index (χ3n) is 16.5. The maximum absolute atomic E-state index is 13.0. The number of carbonyl (C=O) groups is 7. The first-order valence-electron chi connectivity index (χ1n) is 27.5. The fraction of sp³-hybridized carbons (Fsp3) is 0.870. The molecule has 26 heteroatoms. The van der Waals surface area contributed by atoms with Crippen LogP contribution in [0, 0.1) is 40.4 Å². The van der Waals surface area contributed by atoms with Crippen molar-refractivity contribution in [3.63, 3.8) is 0 Å². The number of piperidine rings is 5. The second-order valence-corrected chi connectivity index (χ2v) is 27.5. The zero-order chi connectivity index (χ0) is 60.1. The smallest absolute Gasteiger partial charge is 0.410 e. The molecule has 0 aromatic carbocycles. The van der Waals surface area contributed by atoms with Crippen molar-refractivity contribution >= 4 is 41.8 Å². The molecule has 5 amide bonds. The van der Waals surface area contributed by atoms with E-state index >= 15 is 0 Å². The number of hydrogen-bond acceptors (Lipinski definition) is 12. The van der Waals surface area contributed by atoms with E-state index in [2.05, 4.69) is 0 Å². The summed E-state index contributed by atoms with van der Waals surface area (Å²) < 4.78 is 137. The lowest BCUT2D eigenvalue weighted by molar-refractivity contribution is -0.173. The van der Waals surface area contributed by atoms with Gasteiger partial charge in [-0.3, -0.25) is 33.8 Å². The molecule has 9 bridgehead atoms. The normalized spacial score (nSPS) is 33.1. The summed E-state index contributed by atoms with van der Waals surface area (Å²) in [4.78, 5) is 93.9. The van der Waals surface area contributed by atoms with Crippen LogP contribution in [0.2, 0.25) is 0 Å². The molecule has 9 fully saturated rings. The summed E-state index contributed by atoms with van der Waals surface area (Å²) in [5, 5.41) is 10.6. The van der Waals surface area contributed by atoms with Gasteiger partial charge in [0, 0.05) is 19.6 Å². The summed E-state index contributed by atoms with van der Waals surface area (Å²) in [6.45, 7) is 21.3. The summed E-state index contributed by atoms with van der Waals surface area (Å²) in [6.07, 6.45) is -17.4. The number of aliphatic hydroxyl groups excluding tert-OH is 1. The molecular weight excluding hydrogens is 1080 g/mol. The zero-order valence-electron chi connectivity index (χ0n) is 47.4. The molecule has 7 aliphatic heterocycles. The minimum atomic E-state index is -4.64. The number of alkyl halides is 9. The Morgan fingerprint density at radius 2 is 0.762 bits per heavy atom. The topological polar surface area (TPSA) is 193 Å². The molecule has 2 saturated carbocycles. The van der Waals surface area contributed by atoms with Gasteiger partial charge in [-0.05, 0) is 158 Å². The Labute approximate surface area is 460 Å². The first kappa shape index (κ1) is 62.8. The highest BCUT2D eigenvalue weighted by molar-refractivity contribution is 5.81. The maximum Gasteiger partial charge on any atom is 0.410 e. The van der Waals surface area contributed by atoms with Gasteiger partial charge in [0.05, 0.1) is 59.2 Å². The summed E-state index contributed by atoms with van der Waals surface area (Å²) in [7, 11) is 0. The Morgan fingerprint density at radius 3 is 1.18 bits per heavy atom. The molecule has 9 rings (SSSR count). The second kappa shape index (κ2) is 21.8. The van der Waals surface area contributed by atoms with Crippen LogP contribution < -0.4 is 0 Å². The average molecular weight is 1160 g/mol. The fourth-order valence-corrected chi connectivity index (χ4v) is 13.8. The molecule has 7 heterocycles. The van der Waals surface area contributed by atoms with Crippen LogP contribution in [0.1, 0.15) is 147 Å². The number of ether oxygens (including phenoxy) is 4. The number of hydrogen-bond donors (Lipinski definition) is 1. The monoisotopic (exact) mass is 1160 g/mol. The summed E-state index contributed by atoms with van der Waals surface area (Å²) in [6, 6.07) is -4.13. The number of halogens is 9. The molecule has 7 saturated heterocycles. The number of fused-ring (bicyclic) bond motifs is 6. The standard InChI is InChI=1S/C21H31F3N2O5.C17H24F3NO3.C16H23F3N2O4/c1-19(2,3)17(28)30-16-13-8-11-7-12(26(13)18(29)31-20(4,5)6)15(16)25(10-11)14(27)9-21(22,23)24;1-16(2,3)15(23)24-14-11-5-9-4-10(6-11)13(14)21(8-9)12(22)7-17(18,19)20;1-15(2,3)25-14(24)21-9-4-8-5-10(21)13(23)12(9)20(7-8)11(22)6-16(17,18)19/h11-13,15-16H,7-10H2,1-6H3;9-11,13-14H,4-8H2,1-3H3;8-10,12-13,23H,4-7H2,1-3H3/t11?,12-,13+,15?,16+;9?,10-,11+,13?,14-;8?,9-,10+,12?,13+/m101/s1. The second-order valence-electron chi connectivity index (χ2n) is 27.5. The van der Waals surface area contributed by atoms with Gasteiger partial charge in [-0.1, -0.05) is 0 Å². The quantitative estimate of drug-likeness (QED) is 0.157. The van der Waals surface area contributed by atoms with Gasteiger partial charge in [-0.25, -0.2) is 9.59 Å². The number of carbonyl (C=O) groups excluding carboxylic acids is 7. The number of rotatable bonds is 5. The van der Waals surface area contributed by atoms with Crippen LogP contribution in [0.5, 0.6) is 0 Å². The number of amides is 5. The highest BCUT2D eigenvalue weighted by Gasteiger charge is 2.65. The molecule has 15 atom stereocenters. The van der Waals surface area contributed by atoms with E-state index in [1.54, 1.807) is 83.1 Å². The third-order valence-corrected chi connectivity index (χ3v) is 16.5. The van der Waals surface area contributed by atoms with Crippen molar-refractivity contribution in [1.29, 1.82) is 0 Å². The van der Waals surface area contributed by atoms with Crippen LogP contribution in [0.15, 0.2) is 0 Å². The van der Waals surface area contributed by atoms with Gasteiger partial charge in [0.2, 0.25) is 17.7 Å². The van der Waals surface area contributed by atoms with Crippen LogP contribution >= 0.6 is 0 Å². The molecule has 1 N–H and O–H groups in total. The van der Waals surface area contributed by atoms with Crippen molar-refractivity contribution in [2.24, 2.45) is 40.4 Å². The number of nitrogens with zero attached hydrogens (tertiary/aromatic N) is 5. The van der Waals surface area contributed by atoms with Crippen molar-refractivity contribution in [3.05, 3.63) is 0 Å². The lowest BCUT2D eigenvalue weighted by Gasteiger charge is -2.46. The largest absolute Gasteiger partial charge is 0.459 e. The van der Waals surface area contributed by atoms with Gasteiger partial charge in [-0.15, -0.1) is 0 Å². The SMILES string of the molecule is CC(C)(C)C(=O)O[C@@H]1C2[C@H]3CC(C[C@@H]1C3)CN2C(=O)CC(F)(F)F.CC(C)(C)OC(=O)N1[C@@H]2CC3C[C@H]1[C@H](O)C2N(C(=O)CC(F)(F)F)C3.CC(C)(C)OC(=O)N1[C@@H]2CC3C[C@H]1[C@H](OC(=O)C(C)(C)C)C2N(C(=O)CC(F)(F)F)C3. The molecular formula is C54H78F9N5O12. The molecule has 17 nitrogen and oxygen atoms in total. The van der Waals surface area contributed by atoms with Crippen LogP contribution in [0.3, 0.4) is 0 Å². The van der Waals surface area contributed by atoms with Crippen LogP contribution in [-0.2, 0) is 42.9 Å². The number of aliphatic hydroxyl groups is 1. The molecule has 454 valence electrons. The molecule has 0 radical (unpaired) electrons. The Balaban J connectivity index is 0.000000175. The van der Waals surface area contributed by atoms with Crippen molar-refractivity contribution in [3.8, 4) is 0 Å². The van der Waals surface area contributed by atoms with Gasteiger partial charge >= 0.3 is 42.7 Å². The maximum atomic E-state index is 13.0. The molecule has 0 spiro atoms. The van der Waals surface area contributed by atoms with Gasteiger partial charge in [0.25, 0.3) is 0 Å². The highest BCUT2D eigenvalue weighted by Crippen LogP contribution is 2.53. The number of esters is 2. The molecule has 6 unspecified atom stereocenters. The minimum Gasteiger partial charge on any atom is -0.459 e. The molecule has 2 aliphatic carbocycles. The third kappa shape index (κ3) is 14.2. The van der Waals surface area contributed by atoms with Crippen molar-refractivity contribution in [2.75, 3.05) is 19.6 Å². The predicted molar refractivity (Wildman–Crippen MR) is 264 cm³/mol. The molecule has 0 aromatic heterocycles. The van der Waals surface area contributed by atoms with E-state index in [1.165, 1.54) is 19.6 Å². The van der Waals surface area contributed by atoms with Gasteiger partial charge in [-0.2, -0.15) is 39.5 Å². The summed E-state index contributed by atoms with van der Waals surface area (Å²) >= 11 is 0. The van der Waals surface area contributed by atoms with Crippen LogP contribution in [0.4, 0.5) is 49.1 Å². The van der Waals surface area contributed by atoms with Crippen LogP contribution in [-0.4, -0.2) is 181 Å². The zero-order valence-corrected chi connectivity index (χ0v) is 47.4. The molecule has 0 aromatic rings. The Kier molecular flexibility index (Phi) is 17.1. The summed E-state index contributed by atoms with van der Waals surface area (Å²) in [5.74, 6) is -3.42. The highest BCUT2D eigenvalue weighted by atomic mass is 19.4. The van der Waals surface area contributed by atoms with Gasteiger partial charge in [0.15, 0.2) is 0 Å². The fourth-order valence-electron chi connectivity index (χ4n) is 13.8. The molecule has 80 heavy (non-hydrogen) atoms. The first-order chi connectivity index (χ1) is 36.3. The predicted octanol–water partition coefficient (Wildman–Crippen LogP) is 8.57. The van der Waals surface area contributed by atoms with Crippen molar-refractivity contribution < 1.29 is 97.1 Å². The molecule has 9 aliphatic rings. The van der Waals surface area contributed by atoms with Gasteiger partial charge < -0.3 is 38.8 Å². The van der Waals surface area contributed by atoms with E-state index in [0.717, 1.165) is 24.2 Å². The lowest BCUT2D eigenvalue weighted by atomic mass is 9.78. The van der Waals surface area contributed by atoms with Crippen LogP contribution in [0.25, 0.3) is 0 Å². The lowest BCUT2D eigenvalue weighted by Crippen LogP contribution is -2.59. The van der Waals surface area contributed by atoms with Crippen molar-refractivity contribution in [1.82, 2.24) is 24.5 Å². The van der Waals surface area contributed by atoms with Gasteiger partial charge in [0.1, 0.15) is 42.7 Å². The Bertz CT molecular complexity index is 2380. The number of likely N-dealkylation sites (tertiary alicyclic amines) is 3. The van der Waals surface area contributed by atoms with E-state index in [9.17, 15) is 78.2 Å². The first-order valence-corrected chi connectivity index (χ1v) is 27.5.